The van der Waals surface area contributed by atoms with Gasteiger partial charge in [0.2, 0.25) is 0 Å². The molecule has 0 aliphatic heterocycles. The van der Waals surface area contributed by atoms with E-state index in [1.807, 2.05) is 37.9 Å². The van der Waals surface area contributed by atoms with Gasteiger partial charge in [0.15, 0.2) is 0 Å². The highest BCUT2D eigenvalue weighted by Gasteiger charge is 2.12. The number of aryl methyl sites for hydroxylation is 2. The average molecular weight is 287 g/mol. The van der Waals surface area contributed by atoms with E-state index in [4.69, 9.17) is 5.11 Å². The lowest BCUT2D eigenvalue weighted by Gasteiger charge is -2.22. The molecule has 0 amide bonds. The zero-order valence-electron chi connectivity index (χ0n) is 12.4. The van der Waals surface area contributed by atoms with Crippen molar-refractivity contribution >= 4 is 11.7 Å². The molecular formula is C17H18FNO2. The van der Waals surface area contributed by atoms with E-state index in [-0.39, 0.29) is 5.56 Å². The fraction of sp³-hybridized carbons (Fsp3) is 0.235. The summed E-state index contributed by atoms with van der Waals surface area (Å²) >= 11 is 0. The van der Waals surface area contributed by atoms with Crippen LogP contribution < -0.4 is 4.90 Å². The van der Waals surface area contributed by atoms with E-state index < -0.39 is 11.8 Å². The highest BCUT2D eigenvalue weighted by molar-refractivity contribution is 5.88. The summed E-state index contributed by atoms with van der Waals surface area (Å²) in [5, 5.41) is 8.96. The van der Waals surface area contributed by atoms with Crippen LogP contribution in [0.2, 0.25) is 0 Å². The molecule has 0 saturated heterocycles. The minimum atomic E-state index is -1.25. The second-order valence-corrected chi connectivity index (χ2v) is 5.27. The summed E-state index contributed by atoms with van der Waals surface area (Å²) < 4.78 is 13.4. The van der Waals surface area contributed by atoms with Gasteiger partial charge in [-0.15, -0.1) is 0 Å². The summed E-state index contributed by atoms with van der Waals surface area (Å²) in [6.07, 6.45) is 0. The Labute approximate surface area is 123 Å². The molecular weight excluding hydrogens is 269 g/mol. The van der Waals surface area contributed by atoms with E-state index in [0.29, 0.717) is 6.54 Å². The van der Waals surface area contributed by atoms with Crippen molar-refractivity contribution in [2.45, 2.75) is 20.4 Å². The number of hydrogen-bond acceptors (Lipinski definition) is 2. The van der Waals surface area contributed by atoms with Crippen LogP contribution in [0.1, 0.15) is 27.0 Å². The van der Waals surface area contributed by atoms with Crippen molar-refractivity contribution in [1.29, 1.82) is 0 Å². The van der Waals surface area contributed by atoms with Crippen molar-refractivity contribution in [2.24, 2.45) is 0 Å². The van der Waals surface area contributed by atoms with E-state index in [1.165, 1.54) is 17.7 Å². The van der Waals surface area contributed by atoms with Gasteiger partial charge in [0.25, 0.3) is 0 Å². The van der Waals surface area contributed by atoms with E-state index >= 15 is 0 Å². The first-order valence-electron chi connectivity index (χ1n) is 6.68. The van der Waals surface area contributed by atoms with Gasteiger partial charge in [-0.1, -0.05) is 23.8 Å². The van der Waals surface area contributed by atoms with Crippen molar-refractivity contribution < 1.29 is 14.3 Å². The van der Waals surface area contributed by atoms with Gasteiger partial charge in [-0.05, 0) is 43.2 Å². The molecule has 0 aromatic heterocycles. The molecule has 2 rings (SSSR count). The van der Waals surface area contributed by atoms with Gasteiger partial charge >= 0.3 is 5.97 Å². The smallest absolute Gasteiger partial charge is 0.338 e. The Morgan fingerprint density at radius 1 is 1.19 bits per heavy atom. The number of carboxylic acids is 1. The predicted molar refractivity (Wildman–Crippen MR) is 81.4 cm³/mol. The molecule has 1 N–H and O–H groups in total. The van der Waals surface area contributed by atoms with Crippen LogP contribution >= 0.6 is 0 Å². The molecule has 4 heteroatoms. The Morgan fingerprint density at radius 3 is 2.52 bits per heavy atom. The molecule has 0 radical (unpaired) electrons. The minimum absolute atomic E-state index is 0.290. The lowest BCUT2D eigenvalue weighted by molar-refractivity contribution is 0.0691. The van der Waals surface area contributed by atoms with E-state index in [1.54, 1.807) is 6.07 Å². The third-order valence-electron chi connectivity index (χ3n) is 3.44. The van der Waals surface area contributed by atoms with E-state index in [9.17, 15) is 9.18 Å². The van der Waals surface area contributed by atoms with Crippen LogP contribution in [0, 0.1) is 19.7 Å². The molecule has 110 valence electrons. The van der Waals surface area contributed by atoms with Crippen LogP contribution in [0.5, 0.6) is 0 Å². The molecule has 0 aliphatic rings. The third kappa shape index (κ3) is 3.40. The van der Waals surface area contributed by atoms with Crippen molar-refractivity contribution in [3.63, 3.8) is 0 Å². The normalized spacial score (nSPS) is 10.5. The number of carbonyl (C=O) groups is 1. The monoisotopic (exact) mass is 287 g/mol. The van der Waals surface area contributed by atoms with Crippen LogP contribution in [0.4, 0.5) is 10.1 Å². The van der Waals surface area contributed by atoms with Gasteiger partial charge in [0.1, 0.15) is 5.82 Å². The quantitative estimate of drug-likeness (QED) is 0.930. The Balaban J connectivity index is 2.25. The number of hydrogen-bond donors (Lipinski definition) is 1. The van der Waals surface area contributed by atoms with Crippen molar-refractivity contribution in [1.82, 2.24) is 0 Å². The first kappa shape index (κ1) is 15.0. The van der Waals surface area contributed by atoms with Crippen molar-refractivity contribution in [3.8, 4) is 0 Å². The number of carboxylic acid groups (broad SMARTS) is 1. The number of nitrogens with zero attached hydrogens (tertiary/aromatic N) is 1. The van der Waals surface area contributed by atoms with Gasteiger partial charge in [0.05, 0.1) is 5.56 Å². The molecule has 0 atom stereocenters. The minimum Gasteiger partial charge on any atom is -0.478 e. The molecule has 0 aliphatic carbocycles. The fourth-order valence-corrected chi connectivity index (χ4v) is 2.43. The number of aromatic carboxylic acids is 1. The van der Waals surface area contributed by atoms with Crippen molar-refractivity contribution in [2.75, 3.05) is 11.9 Å². The maximum absolute atomic E-state index is 13.4. The number of halogens is 1. The largest absolute Gasteiger partial charge is 0.478 e. The lowest BCUT2D eigenvalue weighted by atomic mass is 10.1. The Morgan fingerprint density at radius 2 is 1.90 bits per heavy atom. The van der Waals surface area contributed by atoms with E-state index in [2.05, 4.69) is 6.07 Å². The average Bonchev–Trinajstić information content (AvgIpc) is 2.40. The van der Waals surface area contributed by atoms with Gasteiger partial charge in [-0.3, -0.25) is 0 Å². The molecule has 0 unspecified atom stereocenters. The highest BCUT2D eigenvalue weighted by atomic mass is 19.1. The van der Waals surface area contributed by atoms with Gasteiger partial charge in [0, 0.05) is 19.3 Å². The van der Waals surface area contributed by atoms with Gasteiger partial charge in [-0.25, -0.2) is 9.18 Å². The lowest BCUT2D eigenvalue weighted by Crippen LogP contribution is -2.18. The maximum Gasteiger partial charge on any atom is 0.338 e. The molecule has 2 aromatic rings. The van der Waals surface area contributed by atoms with Crippen LogP contribution in [0.25, 0.3) is 0 Å². The summed E-state index contributed by atoms with van der Waals surface area (Å²) in [7, 11) is 1.93. The fourth-order valence-electron chi connectivity index (χ4n) is 2.43. The Kier molecular flexibility index (Phi) is 4.26. The summed E-state index contributed by atoms with van der Waals surface area (Å²) in [4.78, 5) is 13.0. The number of anilines is 1. The summed E-state index contributed by atoms with van der Waals surface area (Å²) in [5.74, 6) is -1.95. The zero-order chi connectivity index (χ0) is 15.6. The molecule has 0 heterocycles. The first-order chi connectivity index (χ1) is 9.88. The summed E-state index contributed by atoms with van der Waals surface area (Å²) in [5.41, 5.74) is 3.89. The highest BCUT2D eigenvalue weighted by Crippen LogP contribution is 2.22. The molecule has 0 saturated carbocycles. The predicted octanol–water partition coefficient (Wildman–Crippen LogP) is 3.78. The van der Waals surface area contributed by atoms with Gasteiger partial charge in [-0.2, -0.15) is 0 Å². The molecule has 0 fully saturated rings. The number of benzene rings is 2. The summed E-state index contributed by atoms with van der Waals surface area (Å²) in [6, 6.07) is 10.4. The van der Waals surface area contributed by atoms with Crippen LogP contribution in [0.15, 0.2) is 36.4 Å². The molecule has 3 nitrogen and oxygen atoms in total. The Bertz CT molecular complexity index is 682. The standard InChI is InChI=1S/C17H18FNO2/c1-11-4-7-16(12(2)8-11)19(3)10-13-5-6-15(18)14(9-13)17(20)21/h4-9H,10H2,1-3H3,(H,20,21). The van der Waals surface area contributed by atoms with E-state index in [0.717, 1.165) is 16.8 Å². The molecule has 21 heavy (non-hydrogen) atoms. The maximum atomic E-state index is 13.4. The first-order valence-corrected chi connectivity index (χ1v) is 6.68. The summed E-state index contributed by atoms with van der Waals surface area (Å²) in [6.45, 7) is 4.59. The topological polar surface area (TPSA) is 40.5 Å². The number of rotatable bonds is 4. The van der Waals surface area contributed by atoms with Gasteiger partial charge < -0.3 is 10.0 Å². The molecule has 2 aromatic carbocycles. The molecule has 0 spiro atoms. The van der Waals surface area contributed by atoms with Crippen LogP contribution in [-0.2, 0) is 6.54 Å². The van der Waals surface area contributed by atoms with Crippen molar-refractivity contribution in [3.05, 3.63) is 64.5 Å². The Hall–Kier alpha value is -2.36. The molecule has 0 bridgehead atoms. The second-order valence-electron chi connectivity index (χ2n) is 5.27. The van der Waals surface area contributed by atoms with Crippen LogP contribution in [-0.4, -0.2) is 18.1 Å². The third-order valence-corrected chi connectivity index (χ3v) is 3.44. The second kappa shape index (κ2) is 5.95. The zero-order valence-corrected chi connectivity index (χ0v) is 12.4. The van der Waals surface area contributed by atoms with Crippen LogP contribution in [0.3, 0.4) is 0 Å². The SMILES string of the molecule is Cc1ccc(N(C)Cc2ccc(F)c(C(=O)O)c2)c(C)c1.